The monoisotopic (exact) mass is 1340 g/mol. The summed E-state index contributed by atoms with van der Waals surface area (Å²) in [5.41, 5.74) is 0. The summed E-state index contributed by atoms with van der Waals surface area (Å²) in [7, 11) is -9.90. The summed E-state index contributed by atoms with van der Waals surface area (Å²) in [6.45, 7) is 7.22. The van der Waals surface area contributed by atoms with Gasteiger partial charge in [-0.05, 0) is 31.6 Å². The zero-order valence-corrected chi connectivity index (χ0v) is 60.8. The van der Waals surface area contributed by atoms with E-state index in [0.717, 1.165) is 102 Å². The predicted molar refractivity (Wildman–Crippen MR) is 368 cm³/mol. The number of phosphoric acid groups is 2. The molecule has 0 aromatic carbocycles. The summed E-state index contributed by atoms with van der Waals surface area (Å²) >= 11 is 0. The molecule has 0 fully saturated rings. The summed E-state index contributed by atoms with van der Waals surface area (Å²) in [5, 5.41) is 10.6. The van der Waals surface area contributed by atoms with E-state index in [2.05, 4.69) is 34.6 Å². The lowest BCUT2D eigenvalue weighted by atomic mass is 9.99. The zero-order valence-electron chi connectivity index (χ0n) is 59.0. The van der Waals surface area contributed by atoms with Gasteiger partial charge in [-0.3, -0.25) is 37.3 Å². The zero-order chi connectivity index (χ0) is 67.0. The van der Waals surface area contributed by atoms with Crippen LogP contribution in [0.3, 0.4) is 0 Å². The quantitative estimate of drug-likeness (QED) is 0.0222. The van der Waals surface area contributed by atoms with E-state index in [9.17, 15) is 43.2 Å². The van der Waals surface area contributed by atoms with Crippen molar-refractivity contribution in [3.8, 4) is 0 Å². The molecule has 0 saturated carbocycles. The van der Waals surface area contributed by atoms with E-state index >= 15 is 0 Å². The summed E-state index contributed by atoms with van der Waals surface area (Å²) in [5.74, 6) is -1.35. The molecule has 91 heavy (non-hydrogen) atoms. The maximum absolute atomic E-state index is 13.0. The number of aliphatic hydroxyl groups excluding tert-OH is 1. The first-order valence-electron chi connectivity index (χ1n) is 37.7. The van der Waals surface area contributed by atoms with Gasteiger partial charge in [0.05, 0.1) is 26.4 Å². The van der Waals surface area contributed by atoms with Crippen molar-refractivity contribution in [1.29, 1.82) is 0 Å². The average molecular weight is 1340 g/mol. The lowest BCUT2D eigenvalue weighted by molar-refractivity contribution is -0.161. The van der Waals surface area contributed by atoms with E-state index in [-0.39, 0.29) is 25.7 Å². The Labute approximate surface area is 556 Å². The second kappa shape index (κ2) is 65.4. The normalized spacial score (nSPS) is 14.3. The van der Waals surface area contributed by atoms with Gasteiger partial charge in [0, 0.05) is 25.7 Å². The van der Waals surface area contributed by atoms with Crippen molar-refractivity contribution in [2.24, 2.45) is 5.92 Å². The molecule has 3 N–H and O–H groups in total. The van der Waals surface area contributed by atoms with Crippen molar-refractivity contribution < 1.29 is 80.2 Å². The van der Waals surface area contributed by atoms with Crippen LogP contribution in [0.5, 0.6) is 0 Å². The first kappa shape index (κ1) is 89.1. The molecule has 17 nitrogen and oxygen atoms in total. The van der Waals surface area contributed by atoms with Gasteiger partial charge in [-0.2, -0.15) is 0 Å². The number of hydrogen-bond acceptors (Lipinski definition) is 15. The fraction of sp³-hybridized carbons (Fsp3) is 0.944. The van der Waals surface area contributed by atoms with Crippen LogP contribution >= 0.6 is 15.6 Å². The van der Waals surface area contributed by atoms with Gasteiger partial charge in [-0.25, -0.2) is 9.13 Å². The number of phosphoric ester groups is 2. The molecule has 0 saturated heterocycles. The summed E-state index contributed by atoms with van der Waals surface area (Å²) in [4.78, 5) is 72.5. The standard InChI is InChI=1S/C72H140O17P2/c1-6-10-13-16-19-22-24-25-26-27-28-29-30-31-32-33-34-36-43-48-53-58-72(77)89-68(62-83-70(75)56-51-46-41-38-37-39-44-49-54-65(5)9-4)64-87-91(80,81)85-60-66(73)59-84-90(78,79)86-63-67(61-82-69(74)55-50-45-40-21-18-15-12-8-3)88-71(76)57-52-47-42-35-23-20-17-14-11-7-2/h65-68,73H,6-64H2,1-5H3,(H,78,79)(H,80,81)/t65?,66-,67+,68+/m0/s1. The molecule has 19 heteroatoms. The van der Waals surface area contributed by atoms with E-state index in [4.69, 9.17) is 37.0 Å². The average Bonchev–Trinajstić information content (AvgIpc) is 3.59. The summed E-state index contributed by atoms with van der Waals surface area (Å²) in [6, 6.07) is 0. The van der Waals surface area contributed by atoms with Crippen LogP contribution < -0.4 is 0 Å². The van der Waals surface area contributed by atoms with Crippen molar-refractivity contribution in [2.75, 3.05) is 39.6 Å². The van der Waals surface area contributed by atoms with E-state index in [1.54, 1.807) is 0 Å². The molecular weight excluding hydrogens is 1200 g/mol. The van der Waals surface area contributed by atoms with Gasteiger partial charge >= 0.3 is 39.5 Å². The maximum atomic E-state index is 13.0. The molecular formula is C72H140O17P2. The van der Waals surface area contributed by atoms with Gasteiger partial charge in [0.2, 0.25) is 0 Å². The van der Waals surface area contributed by atoms with Crippen LogP contribution in [0.2, 0.25) is 0 Å². The van der Waals surface area contributed by atoms with Crippen LogP contribution in [0.4, 0.5) is 0 Å². The molecule has 0 aliphatic carbocycles. The lowest BCUT2D eigenvalue weighted by Gasteiger charge is -2.21. The molecule has 0 aromatic heterocycles. The van der Waals surface area contributed by atoms with Crippen molar-refractivity contribution in [2.45, 2.75) is 393 Å². The summed E-state index contributed by atoms with van der Waals surface area (Å²) < 4.78 is 68.2. The highest BCUT2D eigenvalue weighted by atomic mass is 31.2. The second-order valence-corrected chi connectivity index (χ2v) is 29.1. The number of aliphatic hydroxyl groups is 1. The van der Waals surface area contributed by atoms with Gasteiger partial charge in [0.1, 0.15) is 19.3 Å². The SMILES string of the molecule is CCCCCCCCCCCCCCCCCCCCCCCC(=O)O[C@H](COC(=O)CCCCCCCCCCC(C)CC)COP(=O)(O)OC[C@@H](O)COP(=O)(O)OC[C@@H](COC(=O)CCCCCCCCCC)OC(=O)CCCCCCCCCCCC. The summed E-state index contributed by atoms with van der Waals surface area (Å²) in [6.07, 6.45) is 52.9. The number of ether oxygens (including phenoxy) is 4. The Balaban J connectivity index is 5.15. The molecule has 0 bridgehead atoms. The molecule has 3 unspecified atom stereocenters. The van der Waals surface area contributed by atoms with Crippen LogP contribution in [0.25, 0.3) is 0 Å². The number of esters is 4. The number of unbranched alkanes of at least 4 members (excludes halogenated alkanes) is 43. The van der Waals surface area contributed by atoms with Crippen LogP contribution in [0.1, 0.15) is 375 Å². The van der Waals surface area contributed by atoms with Gasteiger partial charge in [-0.15, -0.1) is 0 Å². The predicted octanol–water partition coefficient (Wildman–Crippen LogP) is 20.9. The Bertz CT molecular complexity index is 1760. The third kappa shape index (κ3) is 65.1. The minimum atomic E-state index is -4.95. The van der Waals surface area contributed by atoms with Gasteiger partial charge in [-0.1, -0.05) is 324 Å². The van der Waals surface area contributed by atoms with E-state index in [1.165, 1.54) is 193 Å². The molecule has 0 amide bonds. The Morgan fingerprint density at radius 1 is 0.308 bits per heavy atom. The molecule has 0 aliphatic rings. The molecule has 0 rings (SSSR count). The van der Waals surface area contributed by atoms with Crippen molar-refractivity contribution in [3.05, 3.63) is 0 Å². The van der Waals surface area contributed by atoms with Gasteiger partial charge < -0.3 is 33.8 Å². The van der Waals surface area contributed by atoms with E-state index in [1.807, 2.05) is 0 Å². The maximum Gasteiger partial charge on any atom is 0.472 e. The first-order valence-corrected chi connectivity index (χ1v) is 40.7. The fourth-order valence-electron chi connectivity index (χ4n) is 11.0. The van der Waals surface area contributed by atoms with Gasteiger partial charge in [0.15, 0.2) is 12.2 Å². The van der Waals surface area contributed by atoms with Crippen molar-refractivity contribution >= 4 is 39.5 Å². The number of rotatable bonds is 72. The minimum Gasteiger partial charge on any atom is -0.462 e. The first-order chi connectivity index (χ1) is 44.1. The van der Waals surface area contributed by atoms with Crippen LogP contribution in [0.15, 0.2) is 0 Å². The topological polar surface area (TPSA) is 237 Å². The Morgan fingerprint density at radius 2 is 0.527 bits per heavy atom. The molecule has 540 valence electrons. The van der Waals surface area contributed by atoms with E-state index < -0.39 is 97.5 Å². The van der Waals surface area contributed by atoms with Crippen LogP contribution in [-0.4, -0.2) is 96.7 Å². The Hall–Kier alpha value is -1.94. The van der Waals surface area contributed by atoms with E-state index in [0.29, 0.717) is 25.7 Å². The number of carbonyl (C=O) groups excluding carboxylic acids is 4. The third-order valence-corrected chi connectivity index (χ3v) is 19.0. The lowest BCUT2D eigenvalue weighted by Crippen LogP contribution is -2.30. The third-order valence-electron chi connectivity index (χ3n) is 17.1. The van der Waals surface area contributed by atoms with Crippen LogP contribution in [-0.2, 0) is 65.4 Å². The smallest absolute Gasteiger partial charge is 0.462 e. The molecule has 0 aromatic rings. The molecule has 0 aliphatic heterocycles. The highest BCUT2D eigenvalue weighted by Crippen LogP contribution is 2.45. The van der Waals surface area contributed by atoms with Crippen molar-refractivity contribution in [1.82, 2.24) is 0 Å². The number of carbonyl (C=O) groups is 4. The fourth-order valence-corrected chi connectivity index (χ4v) is 12.5. The largest absolute Gasteiger partial charge is 0.472 e. The Morgan fingerprint density at radius 3 is 0.780 bits per heavy atom. The number of hydrogen-bond donors (Lipinski definition) is 3. The molecule has 0 radical (unpaired) electrons. The molecule has 0 heterocycles. The Kier molecular flexibility index (Phi) is 64.0. The highest BCUT2D eigenvalue weighted by molar-refractivity contribution is 7.47. The van der Waals surface area contributed by atoms with Crippen LogP contribution in [0, 0.1) is 5.92 Å². The second-order valence-electron chi connectivity index (χ2n) is 26.2. The minimum absolute atomic E-state index is 0.106. The highest BCUT2D eigenvalue weighted by Gasteiger charge is 2.30. The van der Waals surface area contributed by atoms with Gasteiger partial charge in [0.25, 0.3) is 0 Å². The van der Waals surface area contributed by atoms with Crippen molar-refractivity contribution in [3.63, 3.8) is 0 Å². The molecule has 0 spiro atoms. The molecule has 6 atom stereocenters.